The maximum Gasteiger partial charge on any atom is 0.264 e. The highest BCUT2D eigenvalue weighted by atomic mass is 79.9. The quantitative estimate of drug-likeness (QED) is 0.212. The Hall–Kier alpha value is -4.35. The van der Waals surface area contributed by atoms with E-state index < -0.39 is 28.5 Å². The zero-order valence-electron chi connectivity index (χ0n) is 24.6. The van der Waals surface area contributed by atoms with Gasteiger partial charge in [-0.3, -0.25) is 13.9 Å². The fourth-order valence-corrected chi connectivity index (χ4v) is 6.65. The normalized spacial score (nSPS) is 11.7. The zero-order chi connectivity index (χ0) is 31.7. The molecule has 0 bridgehead atoms. The van der Waals surface area contributed by atoms with Crippen LogP contribution in [0.3, 0.4) is 0 Å². The van der Waals surface area contributed by atoms with Crippen LogP contribution in [0.4, 0.5) is 5.69 Å². The number of anilines is 1. The van der Waals surface area contributed by atoms with Crippen LogP contribution in [0.2, 0.25) is 0 Å². The highest BCUT2D eigenvalue weighted by molar-refractivity contribution is 9.10. The summed E-state index contributed by atoms with van der Waals surface area (Å²) in [5.41, 5.74) is 1.79. The molecule has 0 aliphatic carbocycles. The maximum atomic E-state index is 14.4. The van der Waals surface area contributed by atoms with Gasteiger partial charge >= 0.3 is 0 Å². The number of amides is 2. The lowest BCUT2D eigenvalue weighted by atomic mass is 10.0. The summed E-state index contributed by atoms with van der Waals surface area (Å²) < 4.78 is 40.9. The number of carbonyl (C=O) groups is 2. The SMILES string of the molecule is CNC(=O)C(Cc1ccccc1)N(Cc1cccc(Br)c1)C(=O)CN(c1ccccc1OC)S(=O)(=O)c1ccc(OC)cc1. The molecule has 0 heterocycles. The molecule has 0 radical (unpaired) electrons. The molecule has 0 aliphatic heterocycles. The summed E-state index contributed by atoms with van der Waals surface area (Å²) in [6.45, 7) is -0.531. The van der Waals surface area contributed by atoms with Crippen LogP contribution in [-0.2, 0) is 32.6 Å². The van der Waals surface area contributed by atoms with E-state index in [2.05, 4.69) is 21.2 Å². The average molecular weight is 681 g/mol. The third-order valence-corrected chi connectivity index (χ3v) is 9.31. The van der Waals surface area contributed by atoms with Crippen LogP contribution in [-0.4, -0.2) is 59.0 Å². The second-order valence-electron chi connectivity index (χ2n) is 9.83. The Kier molecular flexibility index (Phi) is 11.0. The summed E-state index contributed by atoms with van der Waals surface area (Å²) in [7, 11) is 0.141. The van der Waals surface area contributed by atoms with E-state index >= 15 is 0 Å². The lowest BCUT2D eigenvalue weighted by Crippen LogP contribution is -2.53. The molecule has 0 saturated heterocycles. The predicted molar refractivity (Wildman–Crippen MR) is 173 cm³/mol. The van der Waals surface area contributed by atoms with Gasteiger partial charge in [0.25, 0.3) is 10.0 Å². The van der Waals surface area contributed by atoms with Gasteiger partial charge in [-0.25, -0.2) is 8.42 Å². The van der Waals surface area contributed by atoms with Gasteiger partial charge in [-0.05, 0) is 59.7 Å². The molecule has 1 atom stereocenters. The summed E-state index contributed by atoms with van der Waals surface area (Å²) >= 11 is 3.48. The molecular formula is C33H34BrN3O6S. The third kappa shape index (κ3) is 7.78. The van der Waals surface area contributed by atoms with Crippen molar-refractivity contribution < 1.29 is 27.5 Å². The van der Waals surface area contributed by atoms with Gasteiger partial charge in [0.05, 0.1) is 24.8 Å². The zero-order valence-corrected chi connectivity index (χ0v) is 27.0. The van der Waals surface area contributed by atoms with Gasteiger partial charge in [0, 0.05) is 24.5 Å². The molecule has 0 aromatic heterocycles. The van der Waals surface area contributed by atoms with E-state index in [0.29, 0.717) is 5.75 Å². The molecule has 4 aromatic rings. The van der Waals surface area contributed by atoms with Crippen LogP contribution in [0.5, 0.6) is 11.5 Å². The highest BCUT2D eigenvalue weighted by Gasteiger charge is 2.35. The Bertz CT molecular complexity index is 1680. The first-order valence-electron chi connectivity index (χ1n) is 13.8. The number of benzene rings is 4. The van der Waals surface area contributed by atoms with Crippen molar-refractivity contribution in [2.45, 2.75) is 23.9 Å². The summed E-state index contributed by atoms with van der Waals surface area (Å²) in [4.78, 5) is 29.2. The third-order valence-electron chi connectivity index (χ3n) is 7.04. The molecule has 0 fully saturated rings. The summed E-state index contributed by atoms with van der Waals surface area (Å²) in [6.07, 6.45) is 0.222. The standard InChI is InChI=1S/C33H34BrN3O6S/c1-35-33(39)30(21-24-10-5-4-6-11-24)36(22-25-12-9-13-26(34)20-25)32(38)23-37(29-14-7-8-15-31(29)43-3)44(40,41)28-18-16-27(42-2)17-19-28/h4-20,30H,21-23H2,1-3H3,(H,35,39). The molecule has 0 saturated carbocycles. The van der Waals surface area contributed by atoms with E-state index in [1.54, 1.807) is 24.3 Å². The number of ether oxygens (including phenoxy) is 2. The Balaban J connectivity index is 1.81. The minimum Gasteiger partial charge on any atom is -0.497 e. The molecule has 4 rings (SSSR count). The highest BCUT2D eigenvalue weighted by Crippen LogP contribution is 2.33. The van der Waals surface area contributed by atoms with Crippen molar-refractivity contribution in [2.75, 3.05) is 32.1 Å². The Labute approximate surface area is 266 Å². The smallest absolute Gasteiger partial charge is 0.264 e. The van der Waals surface area contributed by atoms with Crippen molar-refractivity contribution in [1.29, 1.82) is 0 Å². The van der Waals surface area contributed by atoms with Gasteiger partial charge in [-0.15, -0.1) is 0 Å². The Morgan fingerprint density at radius 3 is 2.14 bits per heavy atom. The number of hydrogen-bond donors (Lipinski definition) is 1. The lowest BCUT2D eigenvalue weighted by Gasteiger charge is -2.34. The number of rotatable bonds is 13. The second kappa shape index (κ2) is 14.9. The van der Waals surface area contributed by atoms with Gasteiger partial charge in [0.2, 0.25) is 11.8 Å². The number of para-hydroxylation sites is 2. The van der Waals surface area contributed by atoms with E-state index in [1.807, 2.05) is 54.6 Å². The van der Waals surface area contributed by atoms with Crippen molar-refractivity contribution in [2.24, 2.45) is 0 Å². The molecule has 1 N–H and O–H groups in total. The van der Waals surface area contributed by atoms with Crippen molar-refractivity contribution in [3.63, 3.8) is 0 Å². The van der Waals surface area contributed by atoms with Crippen LogP contribution in [0.15, 0.2) is 112 Å². The summed E-state index contributed by atoms with van der Waals surface area (Å²) in [6, 6.07) is 28.3. The van der Waals surface area contributed by atoms with Gasteiger partial charge in [0.15, 0.2) is 0 Å². The number of sulfonamides is 1. The van der Waals surface area contributed by atoms with Crippen LogP contribution in [0, 0.1) is 0 Å². The number of carbonyl (C=O) groups excluding carboxylic acids is 2. The molecule has 230 valence electrons. The van der Waals surface area contributed by atoms with Crippen LogP contribution >= 0.6 is 15.9 Å². The van der Waals surface area contributed by atoms with E-state index in [0.717, 1.165) is 19.9 Å². The van der Waals surface area contributed by atoms with Crippen LogP contribution in [0.25, 0.3) is 0 Å². The first-order valence-corrected chi connectivity index (χ1v) is 16.0. The Morgan fingerprint density at radius 2 is 1.50 bits per heavy atom. The molecule has 11 heteroatoms. The summed E-state index contributed by atoms with van der Waals surface area (Å²) in [5.74, 6) is -0.196. The fraction of sp³-hybridized carbons (Fsp3) is 0.212. The molecule has 1 unspecified atom stereocenters. The molecule has 44 heavy (non-hydrogen) atoms. The number of hydrogen-bond acceptors (Lipinski definition) is 6. The van der Waals surface area contributed by atoms with Crippen molar-refractivity contribution in [1.82, 2.24) is 10.2 Å². The molecule has 0 aliphatic rings. The molecule has 9 nitrogen and oxygen atoms in total. The molecule has 0 spiro atoms. The van der Waals surface area contributed by atoms with E-state index in [4.69, 9.17) is 9.47 Å². The molecule has 4 aromatic carbocycles. The minimum atomic E-state index is -4.29. The number of nitrogens with zero attached hydrogens (tertiary/aromatic N) is 2. The summed E-state index contributed by atoms with van der Waals surface area (Å²) in [5, 5.41) is 2.68. The van der Waals surface area contributed by atoms with Gasteiger partial charge in [-0.1, -0.05) is 70.5 Å². The van der Waals surface area contributed by atoms with E-state index in [-0.39, 0.29) is 35.2 Å². The fourth-order valence-electron chi connectivity index (χ4n) is 4.78. The van der Waals surface area contributed by atoms with Crippen LogP contribution < -0.4 is 19.1 Å². The predicted octanol–water partition coefficient (Wildman–Crippen LogP) is 5.05. The Morgan fingerprint density at radius 1 is 0.841 bits per heavy atom. The van der Waals surface area contributed by atoms with Gasteiger partial charge < -0.3 is 19.7 Å². The van der Waals surface area contributed by atoms with Gasteiger partial charge in [-0.2, -0.15) is 0 Å². The first kappa shape index (κ1) is 32.6. The number of nitrogens with one attached hydrogen (secondary N) is 1. The lowest BCUT2D eigenvalue weighted by molar-refractivity contribution is -0.139. The molecular weight excluding hydrogens is 646 g/mol. The van der Waals surface area contributed by atoms with Gasteiger partial charge in [0.1, 0.15) is 24.1 Å². The molecule has 2 amide bonds. The van der Waals surface area contributed by atoms with Crippen molar-refractivity contribution >= 4 is 43.5 Å². The largest absolute Gasteiger partial charge is 0.497 e. The van der Waals surface area contributed by atoms with E-state index in [9.17, 15) is 18.0 Å². The number of methoxy groups -OCH3 is 2. The number of halogens is 1. The second-order valence-corrected chi connectivity index (χ2v) is 12.6. The van der Waals surface area contributed by atoms with Crippen molar-refractivity contribution in [3.8, 4) is 11.5 Å². The topological polar surface area (TPSA) is 105 Å². The maximum absolute atomic E-state index is 14.4. The number of likely N-dealkylation sites (N-methyl/N-ethyl adjacent to an activating group) is 1. The monoisotopic (exact) mass is 679 g/mol. The van der Waals surface area contributed by atoms with Crippen LogP contribution in [0.1, 0.15) is 11.1 Å². The minimum absolute atomic E-state index is 0.0392. The van der Waals surface area contributed by atoms with E-state index in [1.165, 1.54) is 50.4 Å². The van der Waals surface area contributed by atoms with Crippen molar-refractivity contribution in [3.05, 3.63) is 119 Å². The average Bonchev–Trinajstić information content (AvgIpc) is 3.05. The first-order chi connectivity index (χ1) is 21.2.